The van der Waals surface area contributed by atoms with E-state index < -0.39 is 11.7 Å². The predicted molar refractivity (Wildman–Crippen MR) is 76.2 cm³/mol. The van der Waals surface area contributed by atoms with Crippen molar-refractivity contribution in [1.29, 1.82) is 0 Å². The van der Waals surface area contributed by atoms with Crippen LogP contribution in [-0.4, -0.2) is 19.1 Å². The molecule has 0 saturated heterocycles. The topological polar surface area (TPSA) is 73.6 Å². The highest BCUT2D eigenvalue weighted by atomic mass is 19.1. The van der Waals surface area contributed by atoms with Gasteiger partial charge in [-0.15, -0.1) is 0 Å². The zero-order valence-corrected chi connectivity index (χ0v) is 11.1. The van der Waals surface area contributed by atoms with Gasteiger partial charge in [0, 0.05) is 5.69 Å². The molecule has 3 N–H and O–H groups in total. The fraction of sp³-hybridized carbons (Fsp3) is 0.133. The van der Waals surface area contributed by atoms with Gasteiger partial charge in [0.2, 0.25) is 0 Å². The van der Waals surface area contributed by atoms with Gasteiger partial charge in [-0.2, -0.15) is 0 Å². The molecule has 2 aromatic carbocycles. The first-order valence-electron chi connectivity index (χ1n) is 6.40. The maximum Gasteiger partial charge on any atom is 0.259 e. The number of hydrogen-bond donors (Lipinski definition) is 2. The molecule has 0 fully saturated rings. The van der Waals surface area contributed by atoms with E-state index >= 15 is 0 Å². The van der Waals surface area contributed by atoms with Gasteiger partial charge in [0.15, 0.2) is 11.5 Å². The van der Waals surface area contributed by atoms with Crippen LogP contribution >= 0.6 is 0 Å². The number of rotatable bonds is 2. The first-order valence-corrected chi connectivity index (χ1v) is 6.40. The molecule has 3 rings (SSSR count). The third-order valence-electron chi connectivity index (χ3n) is 3.07. The Balaban J connectivity index is 1.87. The summed E-state index contributed by atoms with van der Waals surface area (Å²) in [5.74, 6) is -0.0569. The molecule has 1 heterocycles. The minimum atomic E-state index is -0.581. The van der Waals surface area contributed by atoms with Gasteiger partial charge in [-0.1, -0.05) is 6.07 Å². The predicted octanol–water partition coefficient (Wildman–Crippen LogP) is 2.43. The van der Waals surface area contributed by atoms with Crippen molar-refractivity contribution in [2.45, 2.75) is 0 Å². The van der Waals surface area contributed by atoms with Crippen LogP contribution in [0.5, 0.6) is 11.5 Å². The van der Waals surface area contributed by atoms with Gasteiger partial charge in [0.25, 0.3) is 5.91 Å². The van der Waals surface area contributed by atoms with Gasteiger partial charge < -0.3 is 20.5 Å². The van der Waals surface area contributed by atoms with E-state index in [1.54, 1.807) is 18.2 Å². The molecule has 0 aliphatic carbocycles. The average molecular weight is 288 g/mol. The Kier molecular flexibility index (Phi) is 3.35. The minimum Gasteiger partial charge on any atom is -0.486 e. The maximum absolute atomic E-state index is 13.4. The first-order chi connectivity index (χ1) is 10.1. The van der Waals surface area contributed by atoms with E-state index in [-0.39, 0.29) is 5.69 Å². The summed E-state index contributed by atoms with van der Waals surface area (Å²) < 4.78 is 24.3. The standard InChI is InChI=1S/C15H13FN2O3/c16-11-8-9(4-5-12(11)17)18-15(19)10-2-1-3-13-14(10)21-7-6-20-13/h1-5,8H,6-7,17H2,(H,18,19). The maximum atomic E-state index is 13.4. The number of halogens is 1. The van der Waals surface area contributed by atoms with E-state index in [0.717, 1.165) is 0 Å². The second-order valence-electron chi connectivity index (χ2n) is 4.52. The third kappa shape index (κ3) is 2.60. The van der Waals surface area contributed by atoms with Crippen molar-refractivity contribution in [3.05, 3.63) is 47.8 Å². The van der Waals surface area contributed by atoms with E-state index in [4.69, 9.17) is 15.2 Å². The number of nitrogen functional groups attached to an aromatic ring is 1. The molecule has 0 bridgehead atoms. The number of nitrogens with one attached hydrogen (secondary N) is 1. The number of ether oxygens (including phenoxy) is 2. The van der Waals surface area contributed by atoms with Crippen molar-refractivity contribution in [3.63, 3.8) is 0 Å². The van der Waals surface area contributed by atoms with Crippen molar-refractivity contribution in [2.24, 2.45) is 0 Å². The van der Waals surface area contributed by atoms with Crippen molar-refractivity contribution in [3.8, 4) is 11.5 Å². The zero-order chi connectivity index (χ0) is 14.8. The summed E-state index contributed by atoms with van der Waals surface area (Å²) in [5, 5.41) is 2.61. The second kappa shape index (κ2) is 5.32. The van der Waals surface area contributed by atoms with Crippen molar-refractivity contribution in [1.82, 2.24) is 0 Å². The van der Waals surface area contributed by atoms with E-state index in [2.05, 4.69) is 5.32 Å². The number of anilines is 2. The number of hydrogen-bond acceptors (Lipinski definition) is 4. The molecule has 1 aliphatic heterocycles. The molecule has 0 saturated carbocycles. The summed E-state index contributed by atoms with van der Waals surface area (Å²) in [6, 6.07) is 9.14. The number of nitrogens with two attached hydrogens (primary N) is 1. The monoisotopic (exact) mass is 288 g/mol. The molecular formula is C15H13FN2O3. The number of carbonyl (C=O) groups is 1. The van der Waals surface area contributed by atoms with E-state index in [9.17, 15) is 9.18 Å². The molecule has 6 heteroatoms. The van der Waals surface area contributed by atoms with Crippen LogP contribution < -0.4 is 20.5 Å². The fourth-order valence-electron chi connectivity index (χ4n) is 2.06. The number of para-hydroxylation sites is 1. The Morgan fingerprint density at radius 3 is 2.81 bits per heavy atom. The lowest BCUT2D eigenvalue weighted by Gasteiger charge is -2.20. The molecule has 1 aliphatic rings. The number of amides is 1. The first kappa shape index (κ1) is 13.2. The Hall–Kier alpha value is -2.76. The Morgan fingerprint density at radius 1 is 1.19 bits per heavy atom. The van der Waals surface area contributed by atoms with E-state index in [1.165, 1.54) is 18.2 Å². The quantitative estimate of drug-likeness (QED) is 0.832. The number of benzene rings is 2. The third-order valence-corrected chi connectivity index (χ3v) is 3.07. The summed E-state index contributed by atoms with van der Waals surface area (Å²) in [5.41, 5.74) is 6.08. The van der Waals surface area contributed by atoms with Crippen LogP contribution in [-0.2, 0) is 0 Å². The molecule has 0 radical (unpaired) electrons. The summed E-state index contributed by atoms with van der Waals surface area (Å²) in [6.07, 6.45) is 0. The zero-order valence-electron chi connectivity index (χ0n) is 11.1. The lowest BCUT2D eigenvalue weighted by molar-refractivity contribution is 0.101. The van der Waals surface area contributed by atoms with Crippen molar-refractivity contribution < 1.29 is 18.7 Å². The molecular weight excluding hydrogens is 275 g/mol. The SMILES string of the molecule is Nc1ccc(NC(=O)c2cccc3c2OCCO3)cc1F. The Labute approximate surface area is 120 Å². The van der Waals surface area contributed by atoms with Crippen LogP contribution in [0.4, 0.5) is 15.8 Å². The molecule has 108 valence electrons. The van der Waals surface area contributed by atoms with E-state index in [1.807, 2.05) is 0 Å². The summed E-state index contributed by atoms with van der Waals surface area (Å²) in [4.78, 5) is 12.3. The summed E-state index contributed by atoms with van der Waals surface area (Å²) in [7, 11) is 0. The van der Waals surface area contributed by atoms with Gasteiger partial charge in [-0.3, -0.25) is 4.79 Å². The van der Waals surface area contributed by atoms with Crippen LogP contribution in [0.25, 0.3) is 0 Å². The van der Waals surface area contributed by atoms with Crippen LogP contribution in [0.15, 0.2) is 36.4 Å². The van der Waals surface area contributed by atoms with Crippen molar-refractivity contribution in [2.75, 3.05) is 24.3 Å². The van der Waals surface area contributed by atoms with Gasteiger partial charge in [-0.25, -0.2) is 4.39 Å². The normalized spacial score (nSPS) is 12.8. The van der Waals surface area contributed by atoms with Gasteiger partial charge in [0.1, 0.15) is 19.0 Å². The van der Waals surface area contributed by atoms with E-state index in [0.29, 0.717) is 36.0 Å². The second-order valence-corrected chi connectivity index (χ2v) is 4.52. The fourth-order valence-corrected chi connectivity index (χ4v) is 2.06. The lowest BCUT2D eigenvalue weighted by atomic mass is 10.1. The summed E-state index contributed by atoms with van der Waals surface area (Å²) >= 11 is 0. The van der Waals surface area contributed by atoms with Gasteiger partial charge >= 0.3 is 0 Å². The molecule has 21 heavy (non-hydrogen) atoms. The van der Waals surface area contributed by atoms with Crippen molar-refractivity contribution >= 4 is 17.3 Å². The Morgan fingerprint density at radius 2 is 2.00 bits per heavy atom. The highest BCUT2D eigenvalue weighted by molar-refractivity contribution is 6.06. The van der Waals surface area contributed by atoms with Gasteiger partial charge in [-0.05, 0) is 30.3 Å². The lowest BCUT2D eigenvalue weighted by Crippen LogP contribution is -2.20. The highest BCUT2D eigenvalue weighted by Crippen LogP contribution is 2.34. The molecule has 2 aromatic rings. The van der Waals surface area contributed by atoms with Crippen LogP contribution in [0.3, 0.4) is 0 Å². The molecule has 1 amide bonds. The van der Waals surface area contributed by atoms with Gasteiger partial charge in [0.05, 0.1) is 11.3 Å². The highest BCUT2D eigenvalue weighted by Gasteiger charge is 2.20. The summed E-state index contributed by atoms with van der Waals surface area (Å²) in [6.45, 7) is 0.828. The van der Waals surface area contributed by atoms with Crippen LogP contribution in [0.2, 0.25) is 0 Å². The smallest absolute Gasteiger partial charge is 0.259 e. The number of carbonyl (C=O) groups excluding carboxylic acids is 1. The average Bonchev–Trinajstić information content (AvgIpc) is 2.50. The minimum absolute atomic E-state index is 0.0295. The molecule has 0 aromatic heterocycles. The molecule has 0 unspecified atom stereocenters. The number of fused-ring (bicyclic) bond motifs is 1. The van der Waals surface area contributed by atoms with Crippen LogP contribution in [0.1, 0.15) is 10.4 Å². The molecule has 0 atom stereocenters. The molecule has 0 spiro atoms. The Bertz CT molecular complexity index is 703. The largest absolute Gasteiger partial charge is 0.486 e. The van der Waals surface area contributed by atoms with Crippen LogP contribution in [0, 0.1) is 5.82 Å². The molecule has 5 nitrogen and oxygen atoms in total.